The van der Waals surface area contributed by atoms with Gasteiger partial charge in [-0.3, -0.25) is 9.59 Å². The quantitative estimate of drug-likeness (QED) is 0.725. The summed E-state index contributed by atoms with van der Waals surface area (Å²) in [7, 11) is -3.76. The fraction of sp³-hybridized carbons (Fsp3) is 0.364. The smallest absolute Gasteiger partial charge is 0.253 e. The van der Waals surface area contributed by atoms with Gasteiger partial charge in [0, 0.05) is 50.4 Å². The Kier molecular flexibility index (Phi) is 6.06. The maximum atomic E-state index is 13.2. The maximum absolute atomic E-state index is 13.2. The first-order valence-corrected chi connectivity index (χ1v) is 11.8. The third-order valence-electron chi connectivity index (χ3n) is 5.67. The third kappa shape index (κ3) is 4.47. The van der Waals surface area contributed by atoms with E-state index >= 15 is 0 Å². The van der Waals surface area contributed by atoms with Crippen LogP contribution in [0.3, 0.4) is 0 Å². The minimum Gasteiger partial charge on any atom is -0.337 e. The van der Waals surface area contributed by atoms with Crippen LogP contribution in [-0.4, -0.2) is 62.2 Å². The van der Waals surface area contributed by atoms with Crippen LogP contribution in [0.25, 0.3) is 0 Å². The minimum atomic E-state index is -3.76. The van der Waals surface area contributed by atoms with Crippen molar-refractivity contribution >= 4 is 27.5 Å². The summed E-state index contributed by atoms with van der Waals surface area (Å²) in [6, 6.07) is 11.8. The molecule has 2 heterocycles. The minimum absolute atomic E-state index is 0.0386. The molecule has 2 aliphatic heterocycles. The summed E-state index contributed by atoms with van der Waals surface area (Å²) in [6.07, 6.45) is 1.82. The van der Waals surface area contributed by atoms with Crippen molar-refractivity contribution in [1.29, 1.82) is 0 Å². The zero-order valence-electron chi connectivity index (χ0n) is 17.0. The molecule has 0 spiro atoms. The molecule has 2 aliphatic rings. The van der Waals surface area contributed by atoms with Crippen LogP contribution in [0.5, 0.6) is 0 Å². The maximum Gasteiger partial charge on any atom is 0.253 e. The summed E-state index contributed by atoms with van der Waals surface area (Å²) >= 11 is 0. The summed E-state index contributed by atoms with van der Waals surface area (Å²) in [5.41, 5.74) is 1.19. The zero-order valence-corrected chi connectivity index (χ0v) is 17.9. The van der Waals surface area contributed by atoms with E-state index in [0.717, 1.165) is 18.6 Å². The van der Waals surface area contributed by atoms with Crippen molar-refractivity contribution in [1.82, 2.24) is 9.21 Å². The molecule has 7 nitrogen and oxygen atoms in total. The number of sulfonamides is 1. The van der Waals surface area contributed by atoms with Crippen molar-refractivity contribution in [3.05, 3.63) is 59.9 Å². The van der Waals surface area contributed by atoms with E-state index in [0.29, 0.717) is 37.2 Å². The molecule has 0 radical (unpaired) electrons. The summed E-state index contributed by atoms with van der Waals surface area (Å²) in [4.78, 5) is 28.5. The Hall–Kier alpha value is -2.78. The largest absolute Gasteiger partial charge is 0.337 e. The molecular weight excluding hydrogens is 421 g/mol. The number of carbonyl (C=O) groups is 2. The molecule has 0 aliphatic carbocycles. The van der Waals surface area contributed by atoms with Gasteiger partial charge in [0.05, 0.1) is 4.90 Å². The molecule has 4 rings (SSSR count). The number of rotatable bonds is 4. The Labute approximate surface area is 181 Å². The number of amides is 2. The summed E-state index contributed by atoms with van der Waals surface area (Å²) in [5, 5.41) is 0. The van der Waals surface area contributed by atoms with Crippen molar-refractivity contribution in [3.8, 4) is 0 Å². The Morgan fingerprint density at radius 2 is 1.68 bits per heavy atom. The number of nitrogens with zero attached hydrogens (tertiary/aromatic N) is 3. The summed E-state index contributed by atoms with van der Waals surface area (Å²) < 4.78 is 40.3. The molecule has 0 saturated carbocycles. The van der Waals surface area contributed by atoms with Crippen LogP contribution in [0.1, 0.15) is 29.6 Å². The third-order valence-corrected chi connectivity index (χ3v) is 7.58. The number of hydrogen-bond acceptors (Lipinski definition) is 4. The molecule has 2 saturated heterocycles. The van der Waals surface area contributed by atoms with Crippen molar-refractivity contribution in [2.24, 2.45) is 0 Å². The van der Waals surface area contributed by atoms with E-state index in [1.165, 1.54) is 16.4 Å². The molecular formula is C22H24FN3O4S. The predicted octanol–water partition coefficient (Wildman–Crippen LogP) is 2.49. The molecule has 31 heavy (non-hydrogen) atoms. The Balaban J connectivity index is 1.47. The van der Waals surface area contributed by atoms with Gasteiger partial charge in [-0.1, -0.05) is 6.07 Å². The average Bonchev–Trinajstić information content (AvgIpc) is 3.04. The van der Waals surface area contributed by atoms with E-state index in [2.05, 4.69) is 0 Å². The van der Waals surface area contributed by atoms with Crippen LogP contribution in [0.15, 0.2) is 53.4 Å². The Morgan fingerprint density at radius 3 is 2.39 bits per heavy atom. The van der Waals surface area contributed by atoms with Gasteiger partial charge in [-0.15, -0.1) is 0 Å². The molecule has 0 atom stereocenters. The number of anilines is 1. The Bertz CT molecular complexity index is 1090. The molecule has 0 aromatic heterocycles. The van der Waals surface area contributed by atoms with Crippen molar-refractivity contribution in [2.75, 3.05) is 37.6 Å². The van der Waals surface area contributed by atoms with Gasteiger partial charge in [0.15, 0.2) is 0 Å². The lowest BCUT2D eigenvalue weighted by molar-refractivity contribution is -0.117. The lowest BCUT2D eigenvalue weighted by Crippen LogP contribution is -2.37. The second-order valence-corrected chi connectivity index (χ2v) is 9.64. The van der Waals surface area contributed by atoms with Crippen LogP contribution in [0.2, 0.25) is 0 Å². The van der Waals surface area contributed by atoms with E-state index in [1.807, 2.05) is 6.07 Å². The van der Waals surface area contributed by atoms with Gasteiger partial charge in [-0.05, 0) is 55.3 Å². The molecule has 2 aromatic rings. The first-order chi connectivity index (χ1) is 14.9. The van der Waals surface area contributed by atoms with E-state index in [4.69, 9.17) is 0 Å². The van der Waals surface area contributed by atoms with Gasteiger partial charge < -0.3 is 9.80 Å². The number of halogens is 1. The molecule has 0 bridgehead atoms. The van der Waals surface area contributed by atoms with Gasteiger partial charge in [-0.2, -0.15) is 4.31 Å². The van der Waals surface area contributed by atoms with Gasteiger partial charge in [-0.25, -0.2) is 12.8 Å². The van der Waals surface area contributed by atoms with Crippen molar-refractivity contribution in [3.63, 3.8) is 0 Å². The van der Waals surface area contributed by atoms with Crippen molar-refractivity contribution < 1.29 is 22.4 Å². The normalized spacial score (nSPS) is 18.3. The molecule has 0 unspecified atom stereocenters. The Morgan fingerprint density at radius 1 is 0.903 bits per heavy atom. The van der Waals surface area contributed by atoms with Crippen LogP contribution in [0.4, 0.5) is 10.1 Å². The fourth-order valence-electron chi connectivity index (χ4n) is 4.00. The lowest BCUT2D eigenvalue weighted by Gasteiger charge is -2.23. The average molecular weight is 446 g/mol. The van der Waals surface area contributed by atoms with E-state index in [9.17, 15) is 22.4 Å². The highest BCUT2D eigenvalue weighted by Gasteiger charge is 2.29. The first-order valence-electron chi connectivity index (χ1n) is 10.3. The number of hydrogen-bond donors (Lipinski definition) is 0. The first kappa shape index (κ1) is 21.5. The van der Waals surface area contributed by atoms with Gasteiger partial charge in [0.2, 0.25) is 15.9 Å². The molecule has 0 N–H and O–H groups in total. The predicted molar refractivity (Wildman–Crippen MR) is 114 cm³/mol. The van der Waals surface area contributed by atoms with E-state index < -0.39 is 15.8 Å². The molecule has 2 fully saturated rings. The van der Waals surface area contributed by atoms with E-state index in [1.54, 1.807) is 28.0 Å². The van der Waals surface area contributed by atoms with Gasteiger partial charge in [0.25, 0.3) is 5.91 Å². The van der Waals surface area contributed by atoms with Gasteiger partial charge in [0.1, 0.15) is 5.82 Å². The molecule has 164 valence electrons. The molecule has 2 amide bonds. The van der Waals surface area contributed by atoms with Crippen LogP contribution >= 0.6 is 0 Å². The second-order valence-electron chi connectivity index (χ2n) is 7.70. The van der Waals surface area contributed by atoms with Crippen LogP contribution in [-0.2, 0) is 14.8 Å². The lowest BCUT2D eigenvalue weighted by atomic mass is 10.1. The van der Waals surface area contributed by atoms with Crippen LogP contribution in [0, 0.1) is 5.82 Å². The second kappa shape index (κ2) is 8.76. The fourth-order valence-corrected chi connectivity index (χ4v) is 5.47. The van der Waals surface area contributed by atoms with E-state index in [-0.39, 0.29) is 36.3 Å². The highest BCUT2D eigenvalue weighted by molar-refractivity contribution is 7.89. The number of carbonyl (C=O) groups excluding carboxylic acids is 2. The standard InChI is InChI=1S/C22H24FN3O4S/c23-18-7-9-20(10-8-18)31(29,30)25-12-3-11-24(14-15-25)22(28)17-4-1-5-19(16-17)26-13-2-6-21(26)27/h1,4-5,7-10,16H,2-3,6,11-15H2. The molecule has 2 aromatic carbocycles. The topological polar surface area (TPSA) is 78.0 Å². The zero-order chi connectivity index (χ0) is 22.0. The monoisotopic (exact) mass is 445 g/mol. The SMILES string of the molecule is O=C(c1cccc(N2CCCC2=O)c1)N1CCCN(S(=O)(=O)c2ccc(F)cc2)CC1. The summed E-state index contributed by atoms with van der Waals surface area (Å²) in [6.45, 7) is 1.78. The molecule has 9 heteroatoms. The number of benzene rings is 2. The van der Waals surface area contributed by atoms with Gasteiger partial charge >= 0.3 is 0 Å². The highest BCUT2D eigenvalue weighted by Crippen LogP contribution is 2.24. The summed E-state index contributed by atoms with van der Waals surface area (Å²) in [5.74, 6) is -0.625. The van der Waals surface area contributed by atoms with Crippen molar-refractivity contribution in [2.45, 2.75) is 24.2 Å². The van der Waals surface area contributed by atoms with Crippen LogP contribution < -0.4 is 4.90 Å². The highest BCUT2D eigenvalue weighted by atomic mass is 32.2.